The SMILES string of the molecule is Cc1cc(C)n2nc(C(=O)NC(C)CC(=O)O)nc2n1. The number of nitrogens with zero attached hydrogens (tertiary/aromatic N) is 4. The third kappa shape index (κ3) is 2.90. The van der Waals surface area contributed by atoms with E-state index in [1.807, 2.05) is 19.9 Å². The number of carboxylic acid groups (broad SMARTS) is 1. The van der Waals surface area contributed by atoms with Gasteiger partial charge in [-0.1, -0.05) is 0 Å². The summed E-state index contributed by atoms with van der Waals surface area (Å²) in [5, 5.41) is 15.3. The summed E-state index contributed by atoms with van der Waals surface area (Å²) in [6.45, 7) is 5.27. The molecule has 0 aliphatic rings. The maximum atomic E-state index is 11.9. The largest absolute Gasteiger partial charge is 0.481 e. The van der Waals surface area contributed by atoms with Crippen LogP contribution in [0.5, 0.6) is 0 Å². The monoisotopic (exact) mass is 277 g/mol. The van der Waals surface area contributed by atoms with Crippen LogP contribution in [0.1, 0.15) is 35.4 Å². The lowest BCUT2D eigenvalue weighted by molar-refractivity contribution is -0.137. The van der Waals surface area contributed by atoms with Crippen molar-refractivity contribution in [2.24, 2.45) is 0 Å². The smallest absolute Gasteiger partial charge is 0.305 e. The maximum absolute atomic E-state index is 11.9. The van der Waals surface area contributed by atoms with Gasteiger partial charge in [-0.3, -0.25) is 9.59 Å². The summed E-state index contributed by atoms with van der Waals surface area (Å²) in [5.41, 5.74) is 1.60. The number of hydrogen-bond acceptors (Lipinski definition) is 5. The molecule has 20 heavy (non-hydrogen) atoms. The summed E-state index contributed by atoms with van der Waals surface area (Å²) < 4.78 is 1.48. The second-order valence-electron chi connectivity index (χ2n) is 4.66. The number of aliphatic carboxylic acids is 1. The van der Waals surface area contributed by atoms with Crippen LogP contribution in [-0.2, 0) is 4.79 Å². The standard InChI is InChI=1S/C12H15N5O3/c1-6-4-8(3)17-12(14-6)15-10(16-17)11(20)13-7(2)5-9(18)19/h4,7H,5H2,1-3H3,(H,13,20)(H,18,19). The quantitative estimate of drug-likeness (QED) is 0.833. The summed E-state index contributed by atoms with van der Waals surface area (Å²) in [4.78, 5) is 30.7. The molecule has 8 nitrogen and oxygen atoms in total. The van der Waals surface area contributed by atoms with E-state index in [2.05, 4.69) is 20.4 Å². The molecule has 2 N–H and O–H groups in total. The predicted molar refractivity (Wildman–Crippen MR) is 69.4 cm³/mol. The Morgan fingerprint density at radius 3 is 2.75 bits per heavy atom. The van der Waals surface area contributed by atoms with E-state index in [0.29, 0.717) is 5.78 Å². The van der Waals surface area contributed by atoms with E-state index in [1.54, 1.807) is 6.92 Å². The number of fused-ring (bicyclic) bond motifs is 1. The number of amides is 1. The number of rotatable bonds is 4. The van der Waals surface area contributed by atoms with Crippen LogP contribution in [0, 0.1) is 13.8 Å². The molecule has 0 aliphatic carbocycles. The topological polar surface area (TPSA) is 109 Å². The molecule has 0 fully saturated rings. The van der Waals surface area contributed by atoms with E-state index in [1.165, 1.54) is 4.52 Å². The maximum Gasteiger partial charge on any atom is 0.305 e. The highest BCUT2D eigenvalue weighted by Gasteiger charge is 2.18. The molecule has 1 amide bonds. The minimum absolute atomic E-state index is 0.0246. The molecular formula is C12H15N5O3. The van der Waals surface area contributed by atoms with Gasteiger partial charge in [0.25, 0.3) is 11.7 Å². The minimum Gasteiger partial charge on any atom is -0.481 e. The van der Waals surface area contributed by atoms with Crippen molar-refractivity contribution in [3.63, 3.8) is 0 Å². The first-order chi connectivity index (χ1) is 9.36. The summed E-state index contributed by atoms with van der Waals surface area (Å²) in [6, 6.07) is 1.33. The fourth-order valence-electron chi connectivity index (χ4n) is 1.86. The molecule has 0 bridgehead atoms. The van der Waals surface area contributed by atoms with Gasteiger partial charge in [0.2, 0.25) is 5.82 Å². The lowest BCUT2D eigenvalue weighted by atomic mass is 10.2. The Morgan fingerprint density at radius 2 is 2.10 bits per heavy atom. The first kappa shape index (κ1) is 13.9. The van der Waals surface area contributed by atoms with Gasteiger partial charge in [-0.15, -0.1) is 5.10 Å². The average molecular weight is 277 g/mol. The van der Waals surface area contributed by atoms with Gasteiger partial charge in [-0.05, 0) is 26.8 Å². The van der Waals surface area contributed by atoms with Crippen molar-refractivity contribution in [1.29, 1.82) is 0 Å². The van der Waals surface area contributed by atoms with E-state index in [4.69, 9.17) is 5.11 Å². The molecule has 2 aromatic heterocycles. The molecule has 2 heterocycles. The zero-order chi connectivity index (χ0) is 14.9. The molecule has 0 spiro atoms. The third-order valence-electron chi connectivity index (χ3n) is 2.68. The van der Waals surface area contributed by atoms with Crippen LogP contribution >= 0.6 is 0 Å². The van der Waals surface area contributed by atoms with Crippen LogP contribution in [0.25, 0.3) is 5.78 Å². The molecule has 1 atom stereocenters. The van der Waals surface area contributed by atoms with Crippen molar-refractivity contribution in [2.45, 2.75) is 33.2 Å². The number of carboxylic acids is 1. The summed E-state index contributed by atoms with van der Waals surface area (Å²) in [5.74, 6) is -1.17. The van der Waals surface area contributed by atoms with Crippen LogP contribution in [0.4, 0.5) is 0 Å². The molecule has 1 unspecified atom stereocenters. The Bertz CT molecular complexity index is 679. The van der Waals surface area contributed by atoms with Crippen molar-refractivity contribution in [3.8, 4) is 0 Å². The zero-order valence-electron chi connectivity index (χ0n) is 11.4. The Labute approximate surface area is 114 Å². The predicted octanol–water partition coefficient (Wildman–Crippen LogP) is 0.334. The van der Waals surface area contributed by atoms with Gasteiger partial charge in [0.05, 0.1) is 6.42 Å². The van der Waals surface area contributed by atoms with Gasteiger partial charge in [0.1, 0.15) is 0 Å². The van der Waals surface area contributed by atoms with E-state index in [9.17, 15) is 9.59 Å². The normalized spacial score (nSPS) is 12.3. The number of aromatic nitrogens is 4. The van der Waals surface area contributed by atoms with E-state index in [0.717, 1.165) is 11.4 Å². The van der Waals surface area contributed by atoms with Gasteiger partial charge < -0.3 is 10.4 Å². The Hall–Kier alpha value is -2.51. The molecule has 0 aliphatic heterocycles. The second-order valence-corrected chi connectivity index (χ2v) is 4.66. The molecule has 106 valence electrons. The van der Waals surface area contributed by atoms with Gasteiger partial charge in [-0.25, -0.2) is 9.50 Å². The molecule has 0 saturated heterocycles. The lowest BCUT2D eigenvalue weighted by Crippen LogP contribution is -2.34. The van der Waals surface area contributed by atoms with E-state index >= 15 is 0 Å². The Morgan fingerprint density at radius 1 is 1.40 bits per heavy atom. The number of hydrogen-bond donors (Lipinski definition) is 2. The molecule has 0 radical (unpaired) electrons. The van der Waals surface area contributed by atoms with Crippen molar-refractivity contribution in [1.82, 2.24) is 24.9 Å². The van der Waals surface area contributed by atoms with E-state index in [-0.39, 0.29) is 12.2 Å². The number of carbonyl (C=O) groups excluding carboxylic acids is 1. The molecule has 8 heteroatoms. The van der Waals surface area contributed by atoms with Crippen molar-refractivity contribution < 1.29 is 14.7 Å². The van der Waals surface area contributed by atoms with Crippen LogP contribution in [-0.4, -0.2) is 42.6 Å². The highest BCUT2D eigenvalue weighted by molar-refractivity contribution is 5.91. The van der Waals surface area contributed by atoms with Crippen LogP contribution < -0.4 is 5.32 Å². The minimum atomic E-state index is -0.978. The van der Waals surface area contributed by atoms with E-state index < -0.39 is 17.9 Å². The summed E-state index contributed by atoms with van der Waals surface area (Å²) >= 11 is 0. The van der Waals surface area contributed by atoms with Gasteiger partial charge in [0.15, 0.2) is 0 Å². The number of aryl methyl sites for hydroxylation is 2. The zero-order valence-corrected chi connectivity index (χ0v) is 11.4. The highest BCUT2D eigenvalue weighted by atomic mass is 16.4. The molecule has 0 aromatic carbocycles. The second kappa shape index (κ2) is 5.24. The Balaban J connectivity index is 2.23. The number of nitrogens with one attached hydrogen (secondary N) is 1. The first-order valence-corrected chi connectivity index (χ1v) is 6.10. The van der Waals surface area contributed by atoms with Gasteiger partial charge in [-0.2, -0.15) is 4.98 Å². The average Bonchev–Trinajstić information content (AvgIpc) is 2.71. The van der Waals surface area contributed by atoms with Crippen LogP contribution in [0.3, 0.4) is 0 Å². The lowest BCUT2D eigenvalue weighted by Gasteiger charge is -2.08. The molecule has 2 aromatic rings. The van der Waals surface area contributed by atoms with Gasteiger partial charge in [0, 0.05) is 17.4 Å². The number of carbonyl (C=O) groups is 2. The van der Waals surface area contributed by atoms with Crippen LogP contribution in [0.15, 0.2) is 6.07 Å². The first-order valence-electron chi connectivity index (χ1n) is 6.10. The van der Waals surface area contributed by atoms with Crippen molar-refractivity contribution in [3.05, 3.63) is 23.3 Å². The van der Waals surface area contributed by atoms with Gasteiger partial charge >= 0.3 is 5.97 Å². The molecule has 2 rings (SSSR count). The highest BCUT2D eigenvalue weighted by Crippen LogP contribution is 2.05. The molecule has 0 saturated carbocycles. The summed E-state index contributed by atoms with van der Waals surface area (Å²) in [6.07, 6.45) is -0.157. The third-order valence-corrected chi connectivity index (χ3v) is 2.68. The Kier molecular flexibility index (Phi) is 3.64. The van der Waals surface area contributed by atoms with Crippen molar-refractivity contribution >= 4 is 17.7 Å². The van der Waals surface area contributed by atoms with Crippen LogP contribution in [0.2, 0.25) is 0 Å². The fourth-order valence-corrected chi connectivity index (χ4v) is 1.86. The summed E-state index contributed by atoms with van der Waals surface area (Å²) in [7, 11) is 0. The fraction of sp³-hybridized carbons (Fsp3) is 0.417. The molecular weight excluding hydrogens is 262 g/mol. The van der Waals surface area contributed by atoms with Crippen molar-refractivity contribution in [2.75, 3.05) is 0 Å².